The third kappa shape index (κ3) is 3.08. The van der Waals surface area contributed by atoms with Crippen molar-refractivity contribution in [1.82, 2.24) is 9.78 Å². The average molecular weight is 375 g/mol. The lowest BCUT2D eigenvalue weighted by Gasteiger charge is -2.31. The highest BCUT2D eigenvalue weighted by molar-refractivity contribution is 6.91. The minimum atomic E-state index is -1.54. The summed E-state index contributed by atoms with van der Waals surface area (Å²) in [6, 6.07) is 23.6. The summed E-state index contributed by atoms with van der Waals surface area (Å²) in [6.07, 6.45) is 2.29. The van der Waals surface area contributed by atoms with Crippen molar-refractivity contribution in [3.8, 4) is 11.3 Å². The third-order valence-corrected chi connectivity index (χ3v) is 12.3. The van der Waals surface area contributed by atoms with E-state index in [0.29, 0.717) is 0 Å². The van der Waals surface area contributed by atoms with Gasteiger partial charge in [-0.05, 0) is 29.5 Å². The van der Waals surface area contributed by atoms with Crippen LogP contribution in [0.5, 0.6) is 0 Å². The molecule has 0 fully saturated rings. The fraction of sp³-hybridized carbons (Fsp3) is 0.375. The van der Waals surface area contributed by atoms with Gasteiger partial charge >= 0.3 is 0 Å². The van der Waals surface area contributed by atoms with Crippen LogP contribution in [-0.4, -0.2) is 17.9 Å². The number of hydrogen-bond acceptors (Lipinski definition) is 1. The minimum Gasteiger partial charge on any atom is -0.269 e. The molecule has 0 spiro atoms. The van der Waals surface area contributed by atoms with Crippen LogP contribution in [-0.2, 0) is 19.4 Å². The summed E-state index contributed by atoms with van der Waals surface area (Å²) < 4.78 is 2.39. The predicted molar refractivity (Wildman–Crippen MR) is 117 cm³/mol. The summed E-state index contributed by atoms with van der Waals surface area (Å²) in [4.78, 5) is 0. The molecule has 0 N–H and O–H groups in total. The second-order valence-corrected chi connectivity index (χ2v) is 13.0. The molecule has 3 heteroatoms. The molecule has 1 aromatic heterocycles. The van der Waals surface area contributed by atoms with E-state index in [4.69, 9.17) is 5.10 Å². The molecule has 4 rings (SSSR count). The smallest absolute Gasteiger partial charge is 0.109 e. The van der Waals surface area contributed by atoms with E-state index in [1.165, 1.54) is 40.5 Å². The van der Waals surface area contributed by atoms with Crippen LogP contribution in [0.15, 0.2) is 54.6 Å². The molecular weight excluding hydrogens is 344 g/mol. The first kappa shape index (κ1) is 18.2. The van der Waals surface area contributed by atoms with E-state index in [0.717, 1.165) is 19.4 Å². The van der Waals surface area contributed by atoms with Gasteiger partial charge in [0.25, 0.3) is 0 Å². The van der Waals surface area contributed by atoms with Crippen LogP contribution in [0.25, 0.3) is 11.3 Å². The lowest BCUT2D eigenvalue weighted by atomic mass is 9.90. The van der Waals surface area contributed by atoms with Crippen molar-refractivity contribution >= 4 is 13.4 Å². The molecule has 0 amide bonds. The fourth-order valence-electron chi connectivity index (χ4n) is 4.90. The molecule has 0 radical (unpaired) electrons. The molecule has 0 bridgehead atoms. The number of nitrogens with zero attached hydrogens (tertiary/aromatic N) is 2. The number of fused-ring (bicyclic) bond motifs is 3. The van der Waals surface area contributed by atoms with Crippen molar-refractivity contribution in [2.75, 3.05) is 0 Å². The molecule has 1 aliphatic carbocycles. The number of aryl methyl sites for hydroxylation is 1. The Labute approximate surface area is 164 Å². The summed E-state index contributed by atoms with van der Waals surface area (Å²) in [5.74, 6) is 0. The highest BCUT2D eigenvalue weighted by Gasteiger charge is 2.38. The fourth-order valence-corrected chi connectivity index (χ4v) is 8.96. The third-order valence-electron chi connectivity index (χ3n) is 6.68. The van der Waals surface area contributed by atoms with E-state index >= 15 is 0 Å². The summed E-state index contributed by atoms with van der Waals surface area (Å²) >= 11 is 0. The Balaban J connectivity index is 1.92. The number of benzene rings is 2. The zero-order chi connectivity index (χ0) is 18.9. The van der Waals surface area contributed by atoms with Gasteiger partial charge in [-0.3, -0.25) is 4.68 Å². The van der Waals surface area contributed by atoms with Crippen LogP contribution in [0.3, 0.4) is 0 Å². The molecule has 0 unspecified atom stereocenters. The molecule has 1 aliphatic rings. The molecule has 3 aromatic rings. The molecule has 0 saturated carbocycles. The Hall–Kier alpha value is -2.13. The van der Waals surface area contributed by atoms with Gasteiger partial charge in [-0.2, -0.15) is 5.10 Å². The zero-order valence-electron chi connectivity index (χ0n) is 16.8. The second-order valence-electron chi connectivity index (χ2n) is 7.82. The minimum absolute atomic E-state index is 0.889. The van der Waals surface area contributed by atoms with Crippen molar-refractivity contribution in [3.63, 3.8) is 0 Å². The highest BCUT2D eigenvalue weighted by atomic mass is 28.3. The van der Waals surface area contributed by atoms with E-state index in [1.807, 2.05) is 0 Å². The van der Waals surface area contributed by atoms with Crippen LogP contribution in [0.4, 0.5) is 0 Å². The van der Waals surface area contributed by atoms with Gasteiger partial charge in [-0.15, -0.1) is 0 Å². The van der Waals surface area contributed by atoms with E-state index in [9.17, 15) is 0 Å². The number of rotatable bonds is 6. The van der Waals surface area contributed by atoms with E-state index in [-0.39, 0.29) is 0 Å². The van der Waals surface area contributed by atoms with Crippen LogP contribution in [0.1, 0.15) is 37.5 Å². The first-order chi connectivity index (χ1) is 13.2. The first-order valence-corrected chi connectivity index (χ1v) is 13.1. The van der Waals surface area contributed by atoms with Crippen LogP contribution in [0, 0.1) is 0 Å². The molecule has 0 aliphatic heterocycles. The van der Waals surface area contributed by atoms with Gasteiger partial charge in [0.05, 0.1) is 12.2 Å². The SMILES string of the molecule is CC[Si](CC)(CC)c1c2c(nn1Cc1ccccc1)-c1ccccc1CC2. The standard InChI is InChI=1S/C24H30N2Si/c1-4-27(5-2,6-3)24-22-17-16-20-14-10-11-15-21(20)23(22)25-26(24)18-19-12-8-7-9-13-19/h7-15H,4-6,16-18H2,1-3H3. The van der Waals surface area contributed by atoms with Gasteiger partial charge in [-0.1, -0.05) is 93.5 Å². The van der Waals surface area contributed by atoms with Crippen molar-refractivity contribution < 1.29 is 0 Å². The molecule has 0 saturated heterocycles. The molecule has 1 heterocycles. The number of hydrogen-bond donors (Lipinski definition) is 0. The Bertz CT molecular complexity index is 915. The predicted octanol–water partition coefficient (Wildman–Crippen LogP) is 5.41. The lowest BCUT2D eigenvalue weighted by molar-refractivity contribution is 0.703. The van der Waals surface area contributed by atoms with Crippen molar-refractivity contribution in [3.05, 3.63) is 71.3 Å². The monoisotopic (exact) mass is 374 g/mol. The lowest BCUT2D eigenvalue weighted by Crippen LogP contribution is -2.51. The van der Waals surface area contributed by atoms with Crippen LogP contribution >= 0.6 is 0 Å². The Morgan fingerprint density at radius 1 is 0.852 bits per heavy atom. The van der Waals surface area contributed by atoms with Crippen molar-refractivity contribution in [2.24, 2.45) is 0 Å². The molecule has 27 heavy (non-hydrogen) atoms. The van der Waals surface area contributed by atoms with E-state index < -0.39 is 8.07 Å². The topological polar surface area (TPSA) is 17.8 Å². The normalized spacial score (nSPS) is 13.3. The van der Waals surface area contributed by atoms with Gasteiger partial charge in [-0.25, -0.2) is 0 Å². The second kappa shape index (κ2) is 7.47. The van der Waals surface area contributed by atoms with E-state index in [2.05, 4.69) is 80.1 Å². The number of aromatic nitrogens is 2. The van der Waals surface area contributed by atoms with Gasteiger partial charge in [0.1, 0.15) is 8.07 Å². The highest BCUT2D eigenvalue weighted by Crippen LogP contribution is 2.34. The largest absolute Gasteiger partial charge is 0.269 e. The Morgan fingerprint density at radius 3 is 2.22 bits per heavy atom. The molecule has 2 aromatic carbocycles. The first-order valence-electron chi connectivity index (χ1n) is 10.4. The van der Waals surface area contributed by atoms with Crippen molar-refractivity contribution in [1.29, 1.82) is 0 Å². The van der Waals surface area contributed by atoms with Crippen LogP contribution < -0.4 is 5.32 Å². The summed E-state index contributed by atoms with van der Waals surface area (Å²) in [5, 5.41) is 6.88. The maximum atomic E-state index is 5.25. The van der Waals surface area contributed by atoms with E-state index in [1.54, 1.807) is 10.9 Å². The Morgan fingerprint density at radius 2 is 1.52 bits per heavy atom. The zero-order valence-corrected chi connectivity index (χ0v) is 17.8. The summed E-state index contributed by atoms with van der Waals surface area (Å²) in [6.45, 7) is 8.10. The van der Waals surface area contributed by atoms with Gasteiger partial charge in [0, 0.05) is 10.9 Å². The summed E-state index contributed by atoms with van der Waals surface area (Å²) in [7, 11) is -1.54. The van der Waals surface area contributed by atoms with Gasteiger partial charge in [0.15, 0.2) is 0 Å². The average Bonchev–Trinajstić information content (AvgIpc) is 3.10. The Kier molecular flexibility index (Phi) is 5.05. The molecule has 140 valence electrons. The van der Waals surface area contributed by atoms with Gasteiger partial charge in [0.2, 0.25) is 0 Å². The molecule has 0 atom stereocenters. The maximum absolute atomic E-state index is 5.25. The maximum Gasteiger partial charge on any atom is 0.109 e. The summed E-state index contributed by atoms with van der Waals surface area (Å²) in [5.41, 5.74) is 6.98. The van der Waals surface area contributed by atoms with Crippen LogP contribution in [0.2, 0.25) is 18.1 Å². The molecule has 2 nitrogen and oxygen atoms in total. The molecular formula is C24H30N2Si. The van der Waals surface area contributed by atoms with Gasteiger partial charge < -0.3 is 0 Å². The quantitative estimate of drug-likeness (QED) is 0.527. The van der Waals surface area contributed by atoms with Crippen molar-refractivity contribution in [2.45, 2.75) is 58.3 Å².